The van der Waals surface area contributed by atoms with Crippen molar-refractivity contribution in [2.45, 2.75) is 40.2 Å². The highest BCUT2D eigenvalue weighted by Crippen LogP contribution is 2.16. The summed E-state index contributed by atoms with van der Waals surface area (Å²) in [5.74, 6) is 0.652. The smallest absolute Gasteiger partial charge is 0.0603 e. The van der Waals surface area contributed by atoms with E-state index in [0.717, 1.165) is 17.8 Å². The minimum atomic E-state index is 0.540. The van der Waals surface area contributed by atoms with Crippen molar-refractivity contribution in [1.82, 2.24) is 4.98 Å². The highest BCUT2D eigenvalue weighted by molar-refractivity contribution is 5.47. The first-order valence-electron chi connectivity index (χ1n) is 5.33. The van der Waals surface area contributed by atoms with Crippen LogP contribution in [0.1, 0.15) is 32.9 Å². The van der Waals surface area contributed by atoms with E-state index in [2.05, 4.69) is 37.1 Å². The fourth-order valence-electron chi connectivity index (χ4n) is 1.58. The molecule has 0 aliphatic heterocycles. The number of pyridine rings is 1. The molecule has 0 aliphatic rings. The lowest BCUT2D eigenvalue weighted by atomic mass is 10.0. The van der Waals surface area contributed by atoms with E-state index >= 15 is 0 Å². The summed E-state index contributed by atoms with van der Waals surface area (Å²) < 4.78 is 0. The van der Waals surface area contributed by atoms with Gasteiger partial charge < -0.3 is 5.32 Å². The normalized spacial score (nSPS) is 12.9. The van der Waals surface area contributed by atoms with Gasteiger partial charge in [0, 0.05) is 12.2 Å². The zero-order chi connectivity index (χ0) is 10.6. The first-order chi connectivity index (χ1) is 6.65. The van der Waals surface area contributed by atoms with Crippen molar-refractivity contribution < 1.29 is 0 Å². The van der Waals surface area contributed by atoms with Gasteiger partial charge in [0.1, 0.15) is 0 Å². The maximum absolute atomic E-state index is 4.26. The van der Waals surface area contributed by atoms with E-state index in [0.29, 0.717) is 12.0 Å². The van der Waals surface area contributed by atoms with Crippen LogP contribution in [0.25, 0.3) is 0 Å². The van der Waals surface area contributed by atoms with Gasteiger partial charge in [0.2, 0.25) is 0 Å². The molecule has 0 fully saturated rings. The lowest BCUT2D eigenvalue weighted by Gasteiger charge is -2.22. The van der Waals surface area contributed by atoms with Gasteiger partial charge in [0.25, 0.3) is 0 Å². The summed E-state index contributed by atoms with van der Waals surface area (Å²) in [5, 5.41) is 3.53. The van der Waals surface area contributed by atoms with Crippen LogP contribution < -0.4 is 5.32 Å². The molecule has 2 nitrogen and oxygen atoms in total. The third kappa shape index (κ3) is 2.72. The van der Waals surface area contributed by atoms with Crippen LogP contribution in [0.4, 0.5) is 5.69 Å². The Morgan fingerprint density at radius 3 is 2.64 bits per heavy atom. The highest BCUT2D eigenvalue weighted by atomic mass is 14.9. The number of nitrogens with zero attached hydrogens (tertiary/aromatic N) is 1. The molecule has 0 saturated carbocycles. The van der Waals surface area contributed by atoms with Crippen LogP contribution in [0.5, 0.6) is 0 Å². The Bertz CT molecular complexity index is 281. The third-order valence-electron chi connectivity index (χ3n) is 2.59. The van der Waals surface area contributed by atoms with E-state index in [1.807, 2.05) is 19.2 Å². The lowest BCUT2D eigenvalue weighted by Crippen LogP contribution is -2.25. The summed E-state index contributed by atoms with van der Waals surface area (Å²) in [4.78, 5) is 4.26. The molecule has 78 valence electrons. The number of rotatable bonds is 4. The van der Waals surface area contributed by atoms with Gasteiger partial charge in [-0.05, 0) is 31.4 Å². The number of aromatic nitrogens is 1. The van der Waals surface area contributed by atoms with Crippen molar-refractivity contribution in [3.05, 3.63) is 24.0 Å². The quantitative estimate of drug-likeness (QED) is 0.792. The van der Waals surface area contributed by atoms with Crippen molar-refractivity contribution in [1.29, 1.82) is 0 Å². The van der Waals surface area contributed by atoms with Gasteiger partial charge in [0.05, 0.1) is 11.4 Å². The fourth-order valence-corrected chi connectivity index (χ4v) is 1.58. The molecule has 1 aromatic rings. The predicted molar refractivity (Wildman–Crippen MR) is 61.5 cm³/mol. The van der Waals surface area contributed by atoms with Gasteiger partial charge in [-0.3, -0.25) is 4.98 Å². The Labute approximate surface area is 86.8 Å². The molecule has 1 N–H and O–H groups in total. The SMILES string of the molecule is CCC(Nc1cccnc1C)C(C)C. The first kappa shape index (κ1) is 11.0. The molecule has 1 unspecified atom stereocenters. The van der Waals surface area contributed by atoms with Crippen LogP contribution in [-0.4, -0.2) is 11.0 Å². The van der Waals surface area contributed by atoms with Crippen LogP contribution in [-0.2, 0) is 0 Å². The van der Waals surface area contributed by atoms with Crippen molar-refractivity contribution in [2.24, 2.45) is 5.92 Å². The molecule has 14 heavy (non-hydrogen) atoms. The van der Waals surface area contributed by atoms with Crippen molar-refractivity contribution in [3.8, 4) is 0 Å². The van der Waals surface area contributed by atoms with Gasteiger partial charge >= 0.3 is 0 Å². The standard InChI is InChI=1S/C12H20N2/c1-5-11(9(2)3)14-12-7-6-8-13-10(12)4/h6-9,11,14H,5H2,1-4H3. The first-order valence-corrected chi connectivity index (χ1v) is 5.33. The lowest BCUT2D eigenvalue weighted by molar-refractivity contribution is 0.511. The largest absolute Gasteiger partial charge is 0.381 e. The number of anilines is 1. The molecule has 0 aliphatic carbocycles. The van der Waals surface area contributed by atoms with Crippen LogP contribution >= 0.6 is 0 Å². The molecule has 0 saturated heterocycles. The van der Waals surface area contributed by atoms with Crippen molar-refractivity contribution >= 4 is 5.69 Å². The number of aryl methyl sites for hydroxylation is 1. The Morgan fingerprint density at radius 1 is 1.43 bits per heavy atom. The number of hydrogen-bond donors (Lipinski definition) is 1. The maximum atomic E-state index is 4.26. The molecule has 1 rings (SSSR count). The molecule has 0 radical (unpaired) electrons. The summed E-state index contributed by atoms with van der Waals surface area (Å²) in [7, 11) is 0. The van der Waals surface area contributed by atoms with E-state index in [1.54, 1.807) is 0 Å². The molecule has 1 heterocycles. The van der Waals surface area contributed by atoms with Gasteiger partial charge in [-0.2, -0.15) is 0 Å². The van der Waals surface area contributed by atoms with E-state index in [4.69, 9.17) is 0 Å². The van der Waals surface area contributed by atoms with Crippen molar-refractivity contribution in [2.75, 3.05) is 5.32 Å². The van der Waals surface area contributed by atoms with E-state index in [9.17, 15) is 0 Å². The van der Waals surface area contributed by atoms with Crippen LogP contribution in [0.15, 0.2) is 18.3 Å². The summed E-state index contributed by atoms with van der Waals surface area (Å²) in [6.45, 7) is 8.73. The Hall–Kier alpha value is -1.05. The molecule has 1 atom stereocenters. The minimum absolute atomic E-state index is 0.540. The average Bonchev–Trinajstić information content (AvgIpc) is 2.16. The van der Waals surface area contributed by atoms with Gasteiger partial charge in [-0.1, -0.05) is 20.8 Å². The Balaban J connectivity index is 2.72. The molecule has 2 heteroatoms. The second-order valence-corrected chi connectivity index (χ2v) is 4.04. The molecular weight excluding hydrogens is 172 g/mol. The molecule has 0 amide bonds. The van der Waals surface area contributed by atoms with Gasteiger partial charge in [-0.15, -0.1) is 0 Å². The number of nitrogens with one attached hydrogen (secondary N) is 1. The molecular formula is C12H20N2. The average molecular weight is 192 g/mol. The third-order valence-corrected chi connectivity index (χ3v) is 2.59. The maximum Gasteiger partial charge on any atom is 0.0603 e. The summed E-state index contributed by atoms with van der Waals surface area (Å²) in [5.41, 5.74) is 2.24. The van der Waals surface area contributed by atoms with Gasteiger partial charge in [0.15, 0.2) is 0 Å². The topological polar surface area (TPSA) is 24.9 Å². The van der Waals surface area contributed by atoms with Crippen LogP contribution in [0, 0.1) is 12.8 Å². The van der Waals surface area contributed by atoms with Crippen LogP contribution in [0.2, 0.25) is 0 Å². The summed E-state index contributed by atoms with van der Waals surface area (Å²) >= 11 is 0. The number of hydrogen-bond acceptors (Lipinski definition) is 2. The van der Waals surface area contributed by atoms with E-state index < -0.39 is 0 Å². The van der Waals surface area contributed by atoms with Crippen LogP contribution in [0.3, 0.4) is 0 Å². The van der Waals surface area contributed by atoms with Crippen molar-refractivity contribution in [3.63, 3.8) is 0 Å². The van der Waals surface area contributed by atoms with Gasteiger partial charge in [-0.25, -0.2) is 0 Å². The molecule has 0 spiro atoms. The van der Waals surface area contributed by atoms with E-state index in [1.165, 1.54) is 0 Å². The second-order valence-electron chi connectivity index (χ2n) is 4.04. The molecule has 0 bridgehead atoms. The zero-order valence-electron chi connectivity index (χ0n) is 9.54. The minimum Gasteiger partial charge on any atom is -0.381 e. The summed E-state index contributed by atoms with van der Waals surface area (Å²) in [6, 6.07) is 4.60. The highest BCUT2D eigenvalue weighted by Gasteiger charge is 2.11. The molecule has 1 aromatic heterocycles. The zero-order valence-corrected chi connectivity index (χ0v) is 9.54. The second kappa shape index (κ2) is 4.99. The Morgan fingerprint density at radius 2 is 2.14 bits per heavy atom. The fraction of sp³-hybridized carbons (Fsp3) is 0.583. The Kier molecular flexibility index (Phi) is 3.93. The predicted octanol–water partition coefficient (Wildman–Crippen LogP) is 3.24. The molecule has 0 aromatic carbocycles. The summed E-state index contributed by atoms with van der Waals surface area (Å²) in [6.07, 6.45) is 2.98. The van der Waals surface area contributed by atoms with E-state index in [-0.39, 0.29) is 0 Å². The monoisotopic (exact) mass is 192 g/mol.